The minimum Gasteiger partial charge on any atom is -0.480 e. The summed E-state index contributed by atoms with van der Waals surface area (Å²) in [4.78, 5) is 32.7. The van der Waals surface area contributed by atoms with Gasteiger partial charge in [-0.15, -0.1) is 0 Å². The number of nitrogens with zero attached hydrogens (tertiary/aromatic N) is 1. The lowest BCUT2D eigenvalue weighted by atomic mass is 9.98. The van der Waals surface area contributed by atoms with Crippen molar-refractivity contribution in [1.82, 2.24) is 10.4 Å². The number of rotatable bonds is 8. The summed E-state index contributed by atoms with van der Waals surface area (Å²) < 4.78 is 0. The molecule has 0 spiro atoms. The zero-order chi connectivity index (χ0) is 15.0. The average molecular weight is 280 g/mol. The lowest BCUT2D eigenvalue weighted by molar-refractivity contribution is -0.154. The molecule has 108 valence electrons. The van der Waals surface area contributed by atoms with E-state index in [1.54, 1.807) is 24.3 Å². The minimum absolute atomic E-state index is 0.197. The van der Waals surface area contributed by atoms with Gasteiger partial charge in [0, 0.05) is 0 Å². The fraction of sp³-hybridized carbons (Fsp3) is 0.308. The quantitative estimate of drug-likeness (QED) is 0.350. The first kappa shape index (κ1) is 15.6. The van der Waals surface area contributed by atoms with E-state index in [4.69, 9.17) is 5.11 Å². The van der Waals surface area contributed by atoms with Crippen molar-refractivity contribution in [1.29, 1.82) is 0 Å². The van der Waals surface area contributed by atoms with Gasteiger partial charge in [0.25, 0.3) is 0 Å². The number of benzene rings is 1. The molecule has 0 aromatic heterocycles. The average Bonchev–Trinajstić information content (AvgIpc) is 2.44. The first-order chi connectivity index (χ1) is 9.52. The molecule has 7 nitrogen and oxygen atoms in total. The zero-order valence-electron chi connectivity index (χ0n) is 10.7. The van der Waals surface area contributed by atoms with Crippen LogP contribution in [0.4, 0.5) is 0 Å². The molecule has 0 radical (unpaired) electrons. The van der Waals surface area contributed by atoms with Gasteiger partial charge in [-0.3, -0.25) is 19.6 Å². The van der Waals surface area contributed by atoms with Gasteiger partial charge in [0.15, 0.2) is 0 Å². The summed E-state index contributed by atoms with van der Waals surface area (Å²) >= 11 is 0. The molecule has 1 atom stereocenters. The summed E-state index contributed by atoms with van der Waals surface area (Å²) in [6.45, 7) is -0.708. The Bertz CT molecular complexity index is 463. The number of aliphatic carboxylic acids is 1. The predicted octanol–water partition coefficient (Wildman–Crippen LogP) is -0.106. The third kappa shape index (κ3) is 5.49. The van der Waals surface area contributed by atoms with Gasteiger partial charge in [0.1, 0.15) is 6.54 Å². The van der Waals surface area contributed by atoms with Gasteiger partial charge in [-0.25, -0.2) is 5.06 Å². The van der Waals surface area contributed by atoms with Crippen LogP contribution in [0.2, 0.25) is 0 Å². The molecule has 0 aliphatic heterocycles. The van der Waals surface area contributed by atoms with Crippen molar-refractivity contribution in [3.05, 3.63) is 35.9 Å². The second-order valence-electron chi connectivity index (χ2n) is 4.23. The lowest BCUT2D eigenvalue weighted by Gasteiger charge is -2.19. The molecular formula is C13H16N2O5. The zero-order valence-corrected chi connectivity index (χ0v) is 10.7. The van der Waals surface area contributed by atoms with Gasteiger partial charge in [0.2, 0.25) is 12.3 Å². The second kappa shape index (κ2) is 7.90. The Kier molecular flexibility index (Phi) is 6.18. The summed E-state index contributed by atoms with van der Waals surface area (Å²) in [5.74, 6) is -2.42. The topological polar surface area (TPSA) is 107 Å². The number of nitrogens with one attached hydrogen (secondary N) is 1. The van der Waals surface area contributed by atoms with E-state index in [9.17, 15) is 19.6 Å². The van der Waals surface area contributed by atoms with Crippen molar-refractivity contribution in [2.75, 3.05) is 13.1 Å². The molecular weight excluding hydrogens is 264 g/mol. The van der Waals surface area contributed by atoms with E-state index in [-0.39, 0.29) is 19.4 Å². The van der Waals surface area contributed by atoms with Crippen LogP contribution in [0.15, 0.2) is 30.3 Å². The minimum atomic E-state index is -1.16. The molecule has 0 unspecified atom stereocenters. The van der Waals surface area contributed by atoms with Crippen molar-refractivity contribution < 1.29 is 24.7 Å². The number of carbonyl (C=O) groups excluding carboxylic acids is 2. The Labute approximate surface area is 115 Å². The van der Waals surface area contributed by atoms with Crippen LogP contribution in [0.3, 0.4) is 0 Å². The van der Waals surface area contributed by atoms with Crippen molar-refractivity contribution in [3.63, 3.8) is 0 Å². The molecule has 20 heavy (non-hydrogen) atoms. The molecule has 2 amide bonds. The highest BCUT2D eigenvalue weighted by atomic mass is 16.5. The molecule has 0 aliphatic carbocycles. The van der Waals surface area contributed by atoms with E-state index in [0.29, 0.717) is 5.06 Å². The maximum absolute atomic E-state index is 11.9. The Hall–Kier alpha value is -2.41. The number of carboxylic acids is 1. The van der Waals surface area contributed by atoms with Gasteiger partial charge < -0.3 is 10.4 Å². The number of hydrogen-bond donors (Lipinski definition) is 3. The molecule has 1 rings (SSSR count). The summed E-state index contributed by atoms with van der Waals surface area (Å²) in [6, 6.07) is 9.04. The van der Waals surface area contributed by atoms with E-state index in [1.165, 1.54) is 0 Å². The van der Waals surface area contributed by atoms with E-state index in [0.717, 1.165) is 5.56 Å². The summed E-state index contributed by atoms with van der Waals surface area (Å²) in [7, 11) is 0. The van der Waals surface area contributed by atoms with Crippen molar-refractivity contribution in [3.8, 4) is 0 Å². The largest absolute Gasteiger partial charge is 0.480 e. The van der Waals surface area contributed by atoms with E-state index >= 15 is 0 Å². The molecule has 0 aliphatic rings. The molecule has 7 heteroatoms. The maximum Gasteiger partial charge on any atom is 0.322 e. The number of carbonyl (C=O) groups is 3. The van der Waals surface area contributed by atoms with E-state index in [2.05, 4.69) is 5.32 Å². The number of carboxylic acid groups (broad SMARTS) is 1. The first-order valence-electron chi connectivity index (χ1n) is 5.97. The Morgan fingerprint density at radius 3 is 2.50 bits per heavy atom. The van der Waals surface area contributed by atoms with Crippen LogP contribution in [0, 0.1) is 5.92 Å². The number of hydroxylamine groups is 2. The standard InChI is InChI=1S/C13H16N2O5/c16-9-15(20)8-11(13(19)14-7-12(17)18)6-10-4-2-1-3-5-10/h1-5,9,11,20H,6-8H2,(H,14,19)(H,17,18)/t11-/m1/s1. The monoisotopic (exact) mass is 280 g/mol. The van der Waals surface area contributed by atoms with Crippen LogP contribution in [-0.4, -0.2) is 46.8 Å². The predicted molar refractivity (Wildman–Crippen MR) is 68.8 cm³/mol. The first-order valence-corrected chi connectivity index (χ1v) is 5.97. The molecule has 1 aromatic rings. The van der Waals surface area contributed by atoms with Gasteiger partial charge in [-0.1, -0.05) is 30.3 Å². The highest BCUT2D eigenvalue weighted by Gasteiger charge is 2.21. The van der Waals surface area contributed by atoms with Crippen LogP contribution in [0.5, 0.6) is 0 Å². The molecule has 0 bridgehead atoms. The highest BCUT2D eigenvalue weighted by molar-refractivity contribution is 5.83. The smallest absolute Gasteiger partial charge is 0.322 e. The van der Waals surface area contributed by atoms with Gasteiger partial charge in [-0.2, -0.15) is 0 Å². The summed E-state index contributed by atoms with van der Waals surface area (Å²) in [5, 5.41) is 20.3. The van der Waals surface area contributed by atoms with Gasteiger partial charge in [-0.05, 0) is 12.0 Å². The Morgan fingerprint density at radius 1 is 1.30 bits per heavy atom. The van der Waals surface area contributed by atoms with Crippen LogP contribution in [-0.2, 0) is 20.8 Å². The Balaban J connectivity index is 2.71. The SMILES string of the molecule is O=CN(O)C[C@@H](Cc1ccccc1)C(=O)NCC(=O)O. The van der Waals surface area contributed by atoms with Crippen LogP contribution < -0.4 is 5.32 Å². The maximum atomic E-state index is 11.9. The molecule has 0 saturated heterocycles. The fourth-order valence-corrected chi connectivity index (χ4v) is 1.71. The number of amides is 2. The summed E-state index contributed by atoms with van der Waals surface area (Å²) in [5.41, 5.74) is 0.849. The highest BCUT2D eigenvalue weighted by Crippen LogP contribution is 2.10. The molecule has 0 heterocycles. The second-order valence-corrected chi connectivity index (χ2v) is 4.23. The third-order valence-corrected chi connectivity index (χ3v) is 2.64. The van der Waals surface area contributed by atoms with Crippen LogP contribution in [0.25, 0.3) is 0 Å². The molecule has 3 N–H and O–H groups in total. The number of hydrogen-bond acceptors (Lipinski definition) is 4. The van der Waals surface area contributed by atoms with Crippen molar-refractivity contribution in [2.45, 2.75) is 6.42 Å². The molecule has 0 fully saturated rings. The molecule has 0 saturated carbocycles. The normalized spacial score (nSPS) is 11.4. The van der Waals surface area contributed by atoms with E-state index < -0.39 is 24.3 Å². The van der Waals surface area contributed by atoms with Crippen LogP contribution in [0.1, 0.15) is 5.56 Å². The lowest BCUT2D eigenvalue weighted by Crippen LogP contribution is -2.40. The fourth-order valence-electron chi connectivity index (χ4n) is 1.71. The van der Waals surface area contributed by atoms with Gasteiger partial charge >= 0.3 is 5.97 Å². The van der Waals surface area contributed by atoms with Crippen molar-refractivity contribution in [2.24, 2.45) is 5.92 Å². The molecule has 1 aromatic carbocycles. The van der Waals surface area contributed by atoms with E-state index in [1.807, 2.05) is 6.07 Å². The Morgan fingerprint density at radius 2 is 1.95 bits per heavy atom. The van der Waals surface area contributed by atoms with Crippen LogP contribution >= 0.6 is 0 Å². The summed E-state index contributed by atoms with van der Waals surface area (Å²) in [6.07, 6.45) is 0.486. The third-order valence-electron chi connectivity index (χ3n) is 2.64. The van der Waals surface area contributed by atoms with Gasteiger partial charge in [0.05, 0.1) is 12.5 Å². The van der Waals surface area contributed by atoms with Crippen molar-refractivity contribution >= 4 is 18.3 Å².